The average Bonchev–Trinajstić information content (AvgIpc) is 3.62. The molecule has 7 aromatic carbocycles. The zero-order valence-corrected chi connectivity index (χ0v) is 36.9. The molecule has 0 amide bonds. The Morgan fingerprint density at radius 1 is 0.452 bits per heavy atom. The number of fused-ring (bicyclic) bond motifs is 4. The minimum Gasteiger partial charge on any atom is -0.507 e. The van der Waals surface area contributed by atoms with Gasteiger partial charge in [0.2, 0.25) is 0 Å². The molecule has 10 rings (SSSR count). The highest BCUT2D eigenvalue weighted by atomic mass is 16.3. The lowest BCUT2D eigenvalue weighted by Gasteiger charge is -2.24. The largest absolute Gasteiger partial charge is 0.507 e. The Morgan fingerprint density at radius 3 is 1.65 bits per heavy atom. The van der Waals surface area contributed by atoms with Crippen molar-refractivity contribution in [3.8, 4) is 78.7 Å². The van der Waals surface area contributed by atoms with Crippen molar-refractivity contribution >= 4 is 11.0 Å². The second kappa shape index (κ2) is 15.1. The fraction of sp³-hybridized carbons (Fsp3) is 0.172. The van der Waals surface area contributed by atoms with E-state index in [1.807, 2.05) is 6.07 Å². The highest BCUT2D eigenvalue weighted by Crippen LogP contribution is 2.50. The maximum absolute atomic E-state index is 11.2. The second-order valence-corrected chi connectivity index (χ2v) is 17.5. The van der Waals surface area contributed by atoms with Gasteiger partial charge in [-0.05, 0) is 170 Å². The zero-order chi connectivity index (χ0) is 43.0. The summed E-state index contributed by atoms with van der Waals surface area (Å²) in [4.78, 5) is 11.2. The molecule has 0 bridgehead atoms. The van der Waals surface area contributed by atoms with Crippen molar-refractivity contribution in [2.45, 2.75) is 68.2 Å². The van der Waals surface area contributed by atoms with E-state index < -0.39 is 0 Å². The fourth-order valence-corrected chi connectivity index (χ4v) is 10.6. The number of aromatic hydroxyl groups is 1. The predicted octanol–water partition coefficient (Wildman–Crippen LogP) is 14.7. The molecule has 2 aromatic heterocycles. The standard InChI is InChI=1S/C58H51N3O/c1-33-29-37(5)50(38(6)30-33)44-20-14-21-45(51-39(7)31-34(2)32-40(51)8)54(44)46-26-28-48-56(52(46)41-17-10-9-11-18-41)60-58(61(48)57-35(3)15-12-16-36(57)4)47-27-25-43-24-23-42-19-13-22-49(62)53(42)55(43)59-47/h9-22,25-32,62H,23-24H2,1-8H3. The van der Waals surface area contributed by atoms with Crippen LogP contribution in [-0.2, 0) is 12.8 Å². The summed E-state index contributed by atoms with van der Waals surface area (Å²) in [6.45, 7) is 17.7. The minimum atomic E-state index is 0.264. The van der Waals surface area contributed by atoms with Gasteiger partial charge in [0.1, 0.15) is 11.4 Å². The van der Waals surface area contributed by atoms with Crippen LogP contribution in [0.5, 0.6) is 5.75 Å². The van der Waals surface area contributed by atoms with Crippen molar-refractivity contribution in [1.29, 1.82) is 0 Å². The summed E-state index contributed by atoms with van der Waals surface area (Å²) in [7, 11) is 0. The van der Waals surface area contributed by atoms with E-state index >= 15 is 0 Å². The van der Waals surface area contributed by atoms with Gasteiger partial charge in [-0.1, -0.05) is 126 Å². The summed E-state index contributed by atoms with van der Waals surface area (Å²) in [5.74, 6) is 1.03. The molecule has 1 aliphatic carbocycles. The van der Waals surface area contributed by atoms with Crippen molar-refractivity contribution in [3.05, 3.63) is 189 Å². The summed E-state index contributed by atoms with van der Waals surface area (Å²) >= 11 is 0. The third-order valence-electron chi connectivity index (χ3n) is 13.0. The second-order valence-electron chi connectivity index (χ2n) is 17.5. The number of phenols is 1. The number of nitrogens with zero attached hydrogens (tertiary/aromatic N) is 3. The van der Waals surface area contributed by atoms with Crippen LogP contribution in [0, 0.1) is 55.4 Å². The number of hydrogen-bond acceptors (Lipinski definition) is 3. The van der Waals surface area contributed by atoms with Crippen molar-refractivity contribution < 1.29 is 5.11 Å². The first kappa shape index (κ1) is 39.1. The number of rotatable bonds is 6. The third-order valence-corrected chi connectivity index (χ3v) is 13.0. The van der Waals surface area contributed by atoms with E-state index in [1.165, 1.54) is 61.2 Å². The van der Waals surface area contributed by atoms with Crippen LogP contribution >= 0.6 is 0 Å². The third kappa shape index (κ3) is 6.36. The van der Waals surface area contributed by atoms with E-state index in [1.54, 1.807) is 6.07 Å². The van der Waals surface area contributed by atoms with Gasteiger partial charge in [-0.2, -0.15) is 0 Å². The molecule has 0 saturated heterocycles. The molecular weight excluding hydrogens is 755 g/mol. The molecule has 1 aliphatic rings. The Bertz CT molecular complexity index is 3140. The summed E-state index contributed by atoms with van der Waals surface area (Å²) in [5, 5.41) is 11.2. The number of aromatic nitrogens is 3. The van der Waals surface area contributed by atoms with Crippen molar-refractivity contribution in [1.82, 2.24) is 14.5 Å². The highest BCUT2D eigenvalue weighted by molar-refractivity contribution is 6.09. The molecule has 4 nitrogen and oxygen atoms in total. The molecule has 0 atom stereocenters. The van der Waals surface area contributed by atoms with Crippen molar-refractivity contribution in [3.63, 3.8) is 0 Å². The first-order valence-corrected chi connectivity index (χ1v) is 21.8. The van der Waals surface area contributed by atoms with E-state index in [4.69, 9.17) is 9.97 Å². The summed E-state index contributed by atoms with van der Waals surface area (Å²) < 4.78 is 2.33. The van der Waals surface area contributed by atoms with Crippen LogP contribution in [-0.4, -0.2) is 19.6 Å². The van der Waals surface area contributed by atoms with Crippen LogP contribution in [0.25, 0.3) is 84.0 Å². The molecule has 2 heterocycles. The van der Waals surface area contributed by atoms with E-state index in [9.17, 15) is 5.11 Å². The van der Waals surface area contributed by atoms with Crippen molar-refractivity contribution in [2.24, 2.45) is 0 Å². The quantitative estimate of drug-likeness (QED) is 0.182. The first-order valence-electron chi connectivity index (χ1n) is 21.8. The molecule has 0 radical (unpaired) electrons. The highest BCUT2D eigenvalue weighted by Gasteiger charge is 2.28. The van der Waals surface area contributed by atoms with Crippen LogP contribution in [0.15, 0.2) is 133 Å². The maximum atomic E-state index is 11.2. The topological polar surface area (TPSA) is 50.9 Å². The molecule has 0 saturated carbocycles. The van der Waals surface area contributed by atoms with E-state index in [0.29, 0.717) is 0 Å². The van der Waals surface area contributed by atoms with E-state index in [2.05, 4.69) is 181 Å². The van der Waals surface area contributed by atoms with Crippen LogP contribution in [0.4, 0.5) is 0 Å². The number of hydrogen-bond donors (Lipinski definition) is 1. The maximum Gasteiger partial charge on any atom is 0.164 e. The number of aryl methyl sites for hydroxylation is 10. The van der Waals surface area contributed by atoms with E-state index in [0.717, 1.165) is 91.3 Å². The van der Waals surface area contributed by atoms with Crippen LogP contribution in [0.1, 0.15) is 55.6 Å². The number of benzene rings is 7. The number of pyridine rings is 1. The Balaban J connectivity index is 1.36. The molecule has 0 spiro atoms. The van der Waals surface area contributed by atoms with Crippen LogP contribution in [0.2, 0.25) is 0 Å². The number of imidazole rings is 1. The SMILES string of the molecule is Cc1cc(C)c(-c2cccc(-c3c(C)cc(C)cc3C)c2-c2ccc3c(nc(-c4ccc5c(n4)-c4c(O)cccc4CC5)n3-c3c(C)cccc3C)c2-c2ccccc2)c(C)c1. The summed E-state index contributed by atoms with van der Waals surface area (Å²) in [6, 6.07) is 48.1. The van der Waals surface area contributed by atoms with Gasteiger partial charge < -0.3 is 5.11 Å². The van der Waals surface area contributed by atoms with Gasteiger partial charge in [0.15, 0.2) is 5.82 Å². The smallest absolute Gasteiger partial charge is 0.164 e. The monoisotopic (exact) mass is 805 g/mol. The Kier molecular flexibility index (Phi) is 9.56. The van der Waals surface area contributed by atoms with Gasteiger partial charge in [-0.3, -0.25) is 4.57 Å². The van der Waals surface area contributed by atoms with Crippen LogP contribution < -0.4 is 0 Å². The Morgan fingerprint density at radius 2 is 1.02 bits per heavy atom. The minimum absolute atomic E-state index is 0.264. The van der Waals surface area contributed by atoms with Gasteiger partial charge in [-0.15, -0.1) is 0 Å². The predicted molar refractivity (Wildman–Crippen MR) is 258 cm³/mol. The normalized spacial score (nSPS) is 12.1. The molecule has 304 valence electrons. The molecule has 9 aromatic rings. The number of para-hydroxylation sites is 1. The zero-order valence-electron chi connectivity index (χ0n) is 36.9. The van der Waals surface area contributed by atoms with Gasteiger partial charge in [-0.25, -0.2) is 9.97 Å². The first-order chi connectivity index (χ1) is 30.0. The van der Waals surface area contributed by atoms with Gasteiger partial charge in [0, 0.05) is 11.1 Å². The molecule has 4 heteroatoms. The summed E-state index contributed by atoms with van der Waals surface area (Å²) in [6.07, 6.45) is 1.74. The van der Waals surface area contributed by atoms with Gasteiger partial charge >= 0.3 is 0 Å². The lowest BCUT2D eigenvalue weighted by atomic mass is 9.80. The molecule has 0 fully saturated rings. The van der Waals surface area contributed by atoms with Gasteiger partial charge in [0.05, 0.1) is 22.4 Å². The Labute approximate surface area is 365 Å². The molecule has 62 heavy (non-hydrogen) atoms. The van der Waals surface area contributed by atoms with E-state index in [-0.39, 0.29) is 5.75 Å². The molecular formula is C58H51N3O. The fourth-order valence-electron chi connectivity index (χ4n) is 10.6. The van der Waals surface area contributed by atoms with Gasteiger partial charge in [0.25, 0.3) is 0 Å². The average molecular weight is 806 g/mol. The number of phenolic OH excluding ortho intramolecular Hbond substituents is 1. The van der Waals surface area contributed by atoms with Crippen molar-refractivity contribution in [2.75, 3.05) is 0 Å². The lowest BCUT2D eigenvalue weighted by Crippen LogP contribution is -2.08. The Hall–Kier alpha value is -7.04. The molecule has 0 aliphatic heterocycles. The van der Waals surface area contributed by atoms with Crippen LogP contribution in [0.3, 0.4) is 0 Å². The molecule has 1 N–H and O–H groups in total. The molecule has 0 unspecified atom stereocenters. The summed E-state index contributed by atoms with van der Waals surface area (Å²) in [5.41, 5.74) is 27.0. The lowest BCUT2D eigenvalue weighted by molar-refractivity contribution is 0.476.